The number of benzene rings is 1. The molecule has 1 atom stereocenters. The quantitative estimate of drug-likeness (QED) is 0.802. The van der Waals surface area contributed by atoms with E-state index < -0.39 is 6.10 Å². The lowest BCUT2D eigenvalue weighted by molar-refractivity contribution is 0.0336. The van der Waals surface area contributed by atoms with Gasteiger partial charge in [0.1, 0.15) is 6.10 Å². The first-order chi connectivity index (χ1) is 9.81. The van der Waals surface area contributed by atoms with Crippen molar-refractivity contribution < 1.29 is 9.53 Å². The van der Waals surface area contributed by atoms with E-state index in [9.17, 15) is 4.79 Å². The summed E-state index contributed by atoms with van der Waals surface area (Å²) in [5, 5.41) is 0. The number of Topliss-reactive ketones (excluding diaryl/α,β-unsaturated/α-hetero) is 1. The number of ether oxygens (including phenoxy) is 1. The van der Waals surface area contributed by atoms with Crippen LogP contribution in [-0.2, 0) is 17.7 Å². The Morgan fingerprint density at radius 1 is 1.45 bits per heavy atom. The first-order valence-electron chi connectivity index (χ1n) is 7.06. The van der Waals surface area contributed by atoms with Crippen LogP contribution in [0.1, 0.15) is 41.2 Å². The molecule has 0 amide bonds. The molecule has 3 rings (SSSR count). The van der Waals surface area contributed by atoms with E-state index in [2.05, 4.69) is 18.0 Å². The van der Waals surface area contributed by atoms with E-state index in [-0.39, 0.29) is 5.78 Å². The molecule has 1 aliphatic rings. The second-order valence-electron chi connectivity index (χ2n) is 5.01. The van der Waals surface area contributed by atoms with Crippen LogP contribution in [0.2, 0.25) is 0 Å². The Hall–Kier alpha value is -1.94. The van der Waals surface area contributed by atoms with Gasteiger partial charge in [-0.25, -0.2) is 4.98 Å². The summed E-state index contributed by atoms with van der Waals surface area (Å²) < 4.78 is 7.63. The summed E-state index contributed by atoms with van der Waals surface area (Å²) in [6, 6.07) is 8.00. The number of aromatic nitrogens is 2. The van der Waals surface area contributed by atoms with Gasteiger partial charge >= 0.3 is 0 Å². The van der Waals surface area contributed by atoms with Gasteiger partial charge in [-0.05, 0) is 24.0 Å². The Morgan fingerprint density at radius 3 is 3.15 bits per heavy atom. The number of carbonyl (C=O) groups excluding carboxylic acids is 1. The molecular formula is C16H18N2O2. The Balaban J connectivity index is 1.94. The molecule has 0 N–H and O–H groups in total. The van der Waals surface area contributed by atoms with Crippen LogP contribution in [0.3, 0.4) is 0 Å². The normalized spacial score (nSPS) is 17.8. The monoisotopic (exact) mass is 270 g/mol. The van der Waals surface area contributed by atoms with Gasteiger partial charge in [0.05, 0.1) is 6.61 Å². The number of nitrogens with zero attached hydrogens (tertiary/aromatic N) is 2. The van der Waals surface area contributed by atoms with Crippen molar-refractivity contribution in [3.05, 3.63) is 53.6 Å². The highest BCUT2D eigenvalue weighted by Crippen LogP contribution is 2.29. The van der Waals surface area contributed by atoms with E-state index in [0.717, 1.165) is 24.9 Å². The van der Waals surface area contributed by atoms with Crippen molar-refractivity contribution >= 4 is 5.78 Å². The Bertz CT molecular complexity index is 618. The predicted molar refractivity (Wildman–Crippen MR) is 75.7 cm³/mol. The minimum atomic E-state index is -0.516. The van der Waals surface area contributed by atoms with Gasteiger partial charge in [-0.15, -0.1) is 0 Å². The zero-order valence-corrected chi connectivity index (χ0v) is 11.6. The van der Waals surface area contributed by atoms with Crippen LogP contribution >= 0.6 is 0 Å². The average Bonchev–Trinajstić information content (AvgIpc) is 2.94. The average molecular weight is 270 g/mol. The highest BCUT2D eigenvalue weighted by molar-refractivity contribution is 5.97. The van der Waals surface area contributed by atoms with Crippen LogP contribution in [0.25, 0.3) is 0 Å². The summed E-state index contributed by atoms with van der Waals surface area (Å²) >= 11 is 0. The fourth-order valence-electron chi connectivity index (χ4n) is 2.68. The molecule has 1 aromatic carbocycles. The molecule has 104 valence electrons. The molecule has 1 aliphatic heterocycles. The molecule has 0 spiro atoms. The van der Waals surface area contributed by atoms with E-state index in [4.69, 9.17) is 4.74 Å². The SMILES string of the molecule is CCCn1ccnc1C(=O)C1OCCc2ccccc21. The Morgan fingerprint density at radius 2 is 2.30 bits per heavy atom. The zero-order chi connectivity index (χ0) is 13.9. The third kappa shape index (κ3) is 2.27. The Kier molecular flexibility index (Phi) is 3.65. The maximum absolute atomic E-state index is 12.7. The standard InChI is InChI=1S/C16H18N2O2/c1-2-9-18-10-8-17-16(18)14(19)15-13-6-4-3-5-12(13)7-11-20-15/h3-6,8,10,15H,2,7,9,11H2,1H3. The predicted octanol–water partition coefficient (Wildman–Crippen LogP) is 2.79. The zero-order valence-electron chi connectivity index (χ0n) is 11.6. The maximum Gasteiger partial charge on any atom is 0.231 e. The first kappa shape index (κ1) is 13.1. The number of hydrogen-bond acceptors (Lipinski definition) is 3. The topological polar surface area (TPSA) is 44.1 Å². The summed E-state index contributed by atoms with van der Waals surface area (Å²) in [7, 11) is 0. The number of carbonyl (C=O) groups is 1. The molecule has 1 unspecified atom stereocenters. The number of rotatable bonds is 4. The molecule has 0 saturated carbocycles. The molecule has 0 radical (unpaired) electrons. The minimum Gasteiger partial charge on any atom is -0.365 e. The lowest BCUT2D eigenvalue weighted by Crippen LogP contribution is -2.25. The largest absolute Gasteiger partial charge is 0.365 e. The van der Waals surface area contributed by atoms with Gasteiger partial charge in [0.15, 0.2) is 5.82 Å². The smallest absolute Gasteiger partial charge is 0.231 e. The highest BCUT2D eigenvalue weighted by Gasteiger charge is 2.30. The molecule has 2 aromatic rings. The van der Waals surface area contributed by atoms with E-state index in [1.54, 1.807) is 6.20 Å². The van der Waals surface area contributed by atoms with Crippen LogP contribution in [-0.4, -0.2) is 21.9 Å². The van der Waals surface area contributed by atoms with E-state index >= 15 is 0 Å². The Labute approximate surface area is 118 Å². The molecule has 0 fully saturated rings. The first-order valence-corrected chi connectivity index (χ1v) is 7.06. The molecule has 4 nitrogen and oxygen atoms in total. The number of aryl methyl sites for hydroxylation is 1. The molecule has 0 bridgehead atoms. The van der Waals surface area contributed by atoms with Crippen LogP contribution in [0, 0.1) is 0 Å². The number of fused-ring (bicyclic) bond motifs is 1. The number of hydrogen-bond donors (Lipinski definition) is 0. The van der Waals surface area contributed by atoms with Crippen LogP contribution < -0.4 is 0 Å². The molecule has 0 saturated heterocycles. The van der Waals surface area contributed by atoms with Gasteiger partial charge in [0.2, 0.25) is 5.78 Å². The summed E-state index contributed by atoms with van der Waals surface area (Å²) in [5.74, 6) is 0.448. The third-order valence-corrected chi connectivity index (χ3v) is 3.63. The van der Waals surface area contributed by atoms with Crippen LogP contribution in [0.15, 0.2) is 36.7 Å². The second kappa shape index (κ2) is 5.59. The van der Waals surface area contributed by atoms with Gasteiger partial charge in [-0.2, -0.15) is 0 Å². The minimum absolute atomic E-state index is 0.0457. The second-order valence-corrected chi connectivity index (χ2v) is 5.01. The molecule has 20 heavy (non-hydrogen) atoms. The van der Waals surface area contributed by atoms with Gasteiger partial charge in [-0.1, -0.05) is 31.2 Å². The van der Waals surface area contributed by atoms with Gasteiger partial charge < -0.3 is 9.30 Å². The van der Waals surface area contributed by atoms with Gasteiger partial charge in [0, 0.05) is 18.9 Å². The molecule has 4 heteroatoms. The van der Waals surface area contributed by atoms with E-state index in [1.165, 1.54) is 5.56 Å². The summed E-state index contributed by atoms with van der Waals surface area (Å²) in [6.07, 6.45) is 4.85. The molecule has 0 aliphatic carbocycles. The van der Waals surface area contributed by atoms with Crippen molar-refractivity contribution in [3.8, 4) is 0 Å². The number of ketones is 1. The fraction of sp³-hybridized carbons (Fsp3) is 0.375. The van der Waals surface area contributed by atoms with Crippen LogP contribution in [0.4, 0.5) is 0 Å². The summed E-state index contributed by atoms with van der Waals surface area (Å²) in [4.78, 5) is 16.9. The van der Waals surface area contributed by atoms with Crippen molar-refractivity contribution in [2.45, 2.75) is 32.4 Å². The lowest BCUT2D eigenvalue weighted by atomic mass is 9.95. The fourth-order valence-corrected chi connectivity index (χ4v) is 2.68. The molecule has 2 heterocycles. The summed E-state index contributed by atoms with van der Waals surface area (Å²) in [5.41, 5.74) is 2.18. The van der Waals surface area contributed by atoms with Crippen molar-refractivity contribution in [2.24, 2.45) is 0 Å². The van der Waals surface area contributed by atoms with Crippen molar-refractivity contribution in [1.29, 1.82) is 0 Å². The van der Waals surface area contributed by atoms with Crippen molar-refractivity contribution in [2.75, 3.05) is 6.61 Å². The van der Waals surface area contributed by atoms with Crippen molar-refractivity contribution in [1.82, 2.24) is 9.55 Å². The number of imidazole rings is 1. The van der Waals surface area contributed by atoms with E-state index in [1.807, 2.05) is 29.0 Å². The van der Waals surface area contributed by atoms with E-state index in [0.29, 0.717) is 12.4 Å². The third-order valence-electron chi connectivity index (χ3n) is 3.63. The van der Waals surface area contributed by atoms with Crippen molar-refractivity contribution in [3.63, 3.8) is 0 Å². The van der Waals surface area contributed by atoms with Gasteiger partial charge in [0.25, 0.3) is 0 Å². The van der Waals surface area contributed by atoms with Crippen LogP contribution in [0.5, 0.6) is 0 Å². The maximum atomic E-state index is 12.7. The molecular weight excluding hydrogens is 252 g/mol. The summed E-state index contributed by atoms with van der Waals surface area (Å²) in [6.45, 7) is 3.47. The highest BCUT2D eigenvalue weighted by atomic mass is 16.5. The molecule has 1 aromatic heterocycles. The lowest BCUT2D eigenvalue weighted by Gasteiger charge is -2.24. The van der Waals surface area contributed by atoms with Gasteiger partial charge in [-0.3, -0.25) is 4.79 Å².